The van der Waals surface area contributed by atoms with E-state index in [0.29, 0.717) is 19.1 Å². The summed E-state index contributed by atoms with van der Waals surface area (Å²) in [4.78, 5) is 6.73. The largest absolute Gasteiger partial charge is 0.469 e. The molecule has 1 aliphatic heterocycles. The number of aromatic nitrogens is 1. The molecule has 1 aromatic heterocycles. The van der Waals surface area contributed by atoms with E-state index in [-0.39, 0.29) is 6.10 Å². The van der Waals surface area contributed by atoms with Crippen LogP contribution in [-0.2, 0) is 17.9 Å². The third kappa shape index (κ3) is 4.03. The number of rotatable bonds is 6. The van der Waals surface area contributed by atoms with Crippen LogP contribution in [0, 0.1) is 0 Å². The summed E-state index contributed by atoms with van der Waals surface area (Å²) in [5.41, 5.74) is 3.48. The van der Waals surface area contributed by atoms with E-state index in [0.717, 1.165) is 18.8 Å². The second-order valence-electron chi connectivity index (χ2n) is 6.43. The maximum atomic E-state index is 6.06. The molecule has 0 aliphatic carbocycles. The van der Waals surface area contributed by atoms with Crippen molar-refractivity contribution in [1.82, 2.24) is 4.98 Å². The van der Waals surface area contributed by atoms with Gasteiger partial charge in [0, 0.05) is 12.7 Å². The zero-order chi connectivity index (χ0) is 17.6. The maximum absolute atomic E-state index is 6.06. The topological polar surface area (TPSA) is 34.6 Å². The van der Waals surface area contributed by atoms with Crippen LogP contribution in [0.25, 0.3) is 0 Å². The summed E-state index contributed by atoms with van der Waals surface area (Å²) in [6.07, 6.45) is 1.73. The van der Waals surface area contributed by atoms with Gasteiger partial charge < -0.3 is 14.4 Å². The summed E-state index contributed by atoms with van der Waals surface area (Å²) in [5, 5.41) is 0. The molecule has 1 aliphatic rings. The first kappa shape index (κ1) is 16.6. The summed E-state index contributed by atoms with van der Waals surface area (Å²) in [7, 11) is 0. The van der Waals surface area contributed by atoms with Crippen LogP contribution in [0.1, 0.15) is 11.1 Å². The Bertz CT molecular complexity index is 824. The lowest BCUT2D eigenvalue weighted by Gasteiger charge is -2.35. The predicted octanol–water partition coefficient (Wildman–Crippen LogP) is 4.07. The van der Waals surface area contributed by atoms with E-state index in [1.54, 1.807) is 6.20 Å². The van der Waals surface area contributed by atoms with Crippen LogP contribution in [0.4, 0.5) is 5.69 Å². The van der Waals surface area contributed by atoms with E-state index in [2.05, 4.69) is 52.3 Å². The Kier molecular flexibility index (Phi) is 5.12. The van der Waals surface area contributed by atoms with Gasteiger partial charge in [0.1, 0.15) is 11.8 Å². The summed E-state index contributed by atoms with van der Waals surface area (Å²) in [5.74, 6) is 0.683. The van der Waals surface area contributed by atoms with Crippen molar-refractivity contribution in [3.05, 3.63) is 90.1 Å². The van der Waals surface area contributed by atoms with Gasteiger partial charge in [-0.2, -0.15) is 0 Å². The first-order valence-corrected chi connectivity index (χ1v) is 8.91. The van der Waals surface area contributed by atoms with Gasteiger partial charge in [0.25, 0.3) is 0 Å². The van der Waals surface area contributed by atoms with E-state index < -0.39 is 0 Å². The molecular formula is C22H22N2O2. The molecule has 4 nitrogen and oxygen atoms in total. The lowest BCUT2D eigenvalue weighted by Crippen LogP contribution is -2.42. The van der Waals surface area contributed by atoms with Crippen LogP contribution in [-0.4, -0.2) is 24.2 Å². The Morgan fingerprint density at radius 2 is 1.65 bits per heavy atom. The second-order valence-corrected chi connectivity index (χ2v) is 6.43. The first-order valence-electron chi connectivity index (χ1n) is 8.91. The monoisotopic (exact) mass is 346 g/mol. The SMILES string of the molecule is c1ccc(COCC2CN(Cc3ccccc3)c3cccnc3O2)cc1. The molecule has 0 amide bonds. The van der Waals surface area contributed by atoms with Gasteiger partial charge in [0.15, 0.2) is 0 Å². The molecule has 3 aromatic rings. The van der Waals surface area contributed by atoms with E-state index in [1.165, 1.54) is 11.1 Å². The molecule has 2 aromatic carbocycles. The fourth-order valence-electron chi connectivity index (χ4n) is 3.18. The highest BCUT2D eigenvalue weighted by molar-refractivity contribution is 5.56. The number of ether oxygens (including phenoxy) is 2. The summed E-state index contributed by atoms with van der Waals surface area (Å²) >= 11 is 0. The van der Waals surface area contributed by atoms with E-state index in [9.17, 15) is 0 Å². The van der Waals surface area contributed by atoms with Crippen molar-refractivity contribution in [2.45, 2.75) is 19.3 Å². The molecule has 0 spiro atoms. The molecule has 0 bridgehead atoms. The van der Waals surface area contributed by atoms with Gasteiger partial charge in [-0.05, 0) is 23.3 Å². The maximum Gasteiger partial charge on any atom is 0.237 e. The molecule has 0 saturated heterocycles. The third-order valence-corrected chi connectivity index (χ3v) is 4.43. The molecule has 0 saturated carbocycles. The standard InChI is InChI=1S/C22H22N2O2/c1-3-8-18(9-4-1)14-24-15-20(26-22-21(24)12-7-13-23-22)17-25-16-19-10-5-2-6-11-19/h1-13,20H,14-17H2. The Morgan fingerprint density at radius 3 is 2.42 bits per heavy atom. The molecule has 0 radical (unpaired) electrons. The average Bonchev–Trinajstić information content (AvgIpc) is 2.70. The number of pyridine rings is 1. The fourth-order valence-corrected chi connectivity index (χ4v) is 3.18. The van der Waals surface area contributed by atoms with E-state index in [4.69, 9.17) is 9.47 Å². The van der Waals surface area contributed by atoms with Crippen LogP contribution < -0.4 is 9.64 Å². The summed E-state index contributed by atoms with van der Waals surface area (Å²) in [6, 6.07) is 24.7. The Hall–Kier alpha value is -2.85. The fraction of sp³-hybridized carbons (Fsp3) is 0.227. The Balaban J connectivity index is 1.43. The van der Waals surface area contributed by atoms with Crippen LogP contribution in [0.2, 0.25) is 0 Å². The highest BCUT2D eigenvalue weighted by atomic mass is 16.5. The minimum atomic E-state index is -0.0372. The van der Waals surface area contributed by atoms with Gasteiger partial charge in [0.2, 0.25) is 5.88 Å². The Labute approximate surface area is 154 Å². The van der Waals surface area contributed by atoms with Crippen LogP contribution in [0.3, 0.4) is 0 Å². The molecule has 4 rings (SSSR count). The van der Waals surface area contributed by atoms with Crippen molar-refractivity contribution >= 4 is 5.69 Å². The quantitative estimate of drug-likeness (QED) is 0.674. The molecular weight excluding hydrogens is 324 g/mol. The number of hydrogen-bond acceptors (Lipinski definition) is 4. The molecule has 1 unspecified atom stereocenters. The van der Waals surface area contributed by atoms with Crippen LogP contribution >= 0.6 is 0 Å². The average molecular weight is 346 g/mol. The normalized spacial score (nSPS) is 16.0. The van der Waals surface area contributed by atoms with E-state index >= 15 is 0 Å². The van der Waals surface area contributed by atoms with Crippen LogP contribution in [0.5, 0.6) is 5.88 Å². The Morgan fingerprint density at radius 1 is 0.923 bits per heavy atom. The zero-order valence-electron chi connectivity index (χ0n) is 14.6. The number of nitrogens with zero attached hydrogens (tertiary/aromatic N) is 2. The molecule has 26 heavy (non-hydrogen) atoms. The summed E-state index contributed by atoms with van der Waals surface area (Å²) < 4.78 is 12.0. The molecule has 4 heteroatoms. The van der Waals surface area contributed by atoms with Crippen LogP contribution in [0.15, 0.2) is 79.0 Å². The van der Waals surface area contributed by atoms with Crippen molar-refractivity contribution in [3.63, 3.8) is 0 Å². The first-order chi connectivity index (χ1) is 12.9. The molecule has 1 atom stereocenters. The smallest absolute Gasteiger partial charge is 0.237 e. The summed E-state index contributed by atoms with van der Waals surface area (Å²) in [6.45, 7) is 2.74. The predicted molar refractivity (Wildman–Crippen MR) is 102 cm³/mol. The van der Waals surface area contributed by atoms with Gasteiger partial charge in [-0.15, -0.1) is 0 Å². The number of anilines is 1. The van der Waals surface area contributed by atoms with Crippen molar-refractivity contribution in [3.8, 4) is 5.88 Å². The molecule has 2 heterocycles. The number of hydrogen-bond donors (Lipinski definition) is 0. The van der Waals surface area contributed by atoms with Gasteiger partial charge in [-0.1, -0.05) is 60.7 Å². The van der Waals surface area contributed by atoms with Crippen molar-refractivity contribution in [2.24, 2.45) is 0 Å². The second kappa shape index (κ2) is 8.02. The van der Waals surface area contributed by atoms with Gasteiger partial charge >= 0.3 is 0 Å². The minimum Gasteiger partial charge on any atom is -0.469 e. The highest BCUT2D eigenvalue weighted by Crippen LogP contribution is 2.32. The van der Waals surface area contributed by atoms with E-state index in [1.807, 2.05) is 30.3 Å². The van der Waals surface area contributed by atoms with Crippen molar-refractivity contribution < 1.29 is 9.47 Å². The minimum absolute atomic E-state index is 0.0372. The van der Waals surface area contributed by atoms with Gasteiger partial charge in [-0.3, -0.25) is 0 Å². The number of benzene rings is 2. The van der Waals surface area contributed by atoms with Gasteiger partial charge in [0.05, 0.1) is 19.8 Å². The molecule has 0 N–H and O–H groups in total. The van der Waals surface area contributed by atoms with Crippen molar-refractivity contribution in [2.75, 3.05) is 18.1 Å². The lowest BCUT2D eigenvalue weighted by molar-refractivity contribution is 0.0378. The highest BCUT2D eigenvalue weighted by Gasteiger charge is 2.26. The number of fused-ring (bicyclic) bond motifs is 1. The molecule has 132 valence electrons. The zero-order valence-corrected chi connectivity index (χ0v) is 14.6. The van der Waals surface area contributed by atoms with Crippen molar-refractivity contribution in [1.29, 1.82) is 0 Å². The third-order valence-electron chi connectivity index (χ3n) is 4.43. The lowest BCUT2D eigenvalue weighted by atomic mass is 10.1. The molecule has 0 fully saturated rings. The van der Waals surface area contributed by atoms with Gasteiger partial charge in [-0.25, -0.2) is 4.98 Å².